The maximum Gasteiger partial charge on any atom is 0.220 e. The van der Waals surface area contributed by atoms with Crippen LogP contribution < -0.4 is 5.32 Å². The molecule has 26 heavy (non-hydrogen) atoms. The summed E-state index contributed by atoms with van der Waals surface area (Å²) >= 11 is 0. The Morgan fingerprint density at radius 3 is 2.73 bits per heavy atom. The van der Waals surface area contributed by atoms with Crippen LogP contribution in [0.25, 0.3) is 0 Å². The van der Waals surface area contributed by atoms with Crippen molar-refractivity contribution in [1.82, 2.24) is 15.1 Å². The van der Waals surface area contributed by atoms with Crippen LogP contribution in [0, 0.1) is 13.8 Å². The van der Waals surface area contributed by atoms with E-state index in [1.807, 2.05) is 36.9 Å². The molecule has 0 unspecified atom stereocenters. The van der Waals surface area contributed by atoms with Crippen LogP contribution in [-0.2, 0) is 29.6 Å². The van der Waals surface area contributed by atoms with Gasteiger partial charge in [0.15, 0.2) is 0 Å². The Morgan fingerprint density at radius 1 is 1.27 bits per heavy atom. The molecule has 1 aliphatic rings. The lowest BCUT2D eigenvalue weighted by atomic mass is 10.1. The lowest BCUT2D eigenvalue weighted by Crippen LogP contribution is -2.41. The molecule has 1 fully saturated rings. The number of ether oxygens (including phenoxy) is 1. The van der Waals surface area contributed by atoms with Gasteiger partial charge < -0.3 is 10.1 Å². The van der Waals surface area contributed by atoms with Crippen molar-refractivity contribution in [3.05, 3.63) is 52.8 Å². The number of carbonyl (C=O) groups excluding carboxylic acids is 1. The second kappa shape index (κ2) is 8.49. The smallest absolute Gasteiger partial charge is 0.220 e. The molecule has 0 saturated heterocycles. The number of hydrogen-bond donors (Lipinski definition) is 1. The van der Waals surface area contributed by atoms with Crippen molar-refractivity contribution in [3.63, 3.8) is 0 Å². The van der Waals surface area contributed by atoms with Crippen LogP contribution in [0.15, 0.2) is 30.3 Å². The maximum atomic E-state index is 12.4. The molecule has 0 radical (unpaired) electrons. The number of benzene rings is 1. The zero-order valence-electron chi connectivity index (χ0n) is 16.0. The van der Waals surface area contributed by atoms with E-state index >= 15 is 0 Å². The van der Waals surface area contributed by atoms with Gasteiger partial charge >= 0.3 is 0 Å². The molecule has 5 heteroatoms. The van der Waals surface area contributed by atoms with Gasteiger partial charge in [0, 0.05) is 19.2 Å². The third kappa shape index (κ3) is 4.52. The van der Waals surface area contributed by atoms with E-state index in [-0.39, 0.29) is 18.1 Å². The van der Waals surface area contributed by atoms with Crippen LogP contribution in [0.5, 0.6) is 0 Å². The lowest BCUT2D eigenvalue weighted by Gasteiger charge is -2.21. The molecule has 0 bridgehead atoms. The second-order valence-corrected chi connectivity index (χ2v) is 7.21. The summed E-state index contributed by atoms with van der Waals surface area (Å²) in [5.41, 5.74) is 4.51. The molecule has 1 saturated carbocycles. The highest BCUT2D eigenvalue weighted by atomic mass is 16.5. The highest BCUT2D eigenvalue weighted by molar-refractivity contribution is 5.76. The Labute approximate surface area is 155 Å². The van der Waals surface area contributed by atoms with E-state index in [0.717, 1.165) is 37.1 Å². The molecule has 1 amide bonds. The van der Waals surface area contributed by atoms with E-state index < -0.39 is 0 Å². The quantitative estimate of drug-likeness (QED) is 0.830. The number of nitrogens with one attached hydrogen (secondary N) is 1. The van der Waals surface area contributed by atoms with Crippen molar-refractivity contribution >= 4 is 5.91 Å². The van der Waals surface area contributed by atoms with E-state index in [0.29, 0.717) is 13.0 Å². The van der Waals surface area contributed by atoms with Crippen LogP contribution in [-0.4, -0.2) is 27.8 Å². The number of aromatic nitrogens is 2. The van der Waals surface area contributed by atoms with Gasteiger partial charge in [0.1, 0.15) is 0 Å². The Kier molecular flexibility index (Phi) is 6.09. The van der Waals surface area contributed by atoms with Crippen molar-refractivity contribution in [2.24, 2.45) is 7.05 Å². The fourth-order valence-electron chi connectivity index (χ4n) is 3.76. The zero-order chi connectivity index (χ0) is 18.5. The minimum atomic E-state index is 0.105. The van der Waals surface area contributed by atoms with E-state index in [9.17, 15) is 4.79 Å². The van der Waals surface area contributed by atoms with Crippen molar-refractivity contribution in [1.29, 1.82) is 0 Å². The van der Waals surface area contributed by atoms with Gasteiger partial charge in [-0.15, -0.1) is 0 Å². The van der Waals surface area contributed by atoms with Gasteiger partial charge in [-0.05, 0) is 50.7 Å². The predicted molar refractivity (Wildman–Crippen MR) is 102 cm³/mol. The van der Waals surface area contributed by atoms with Crippen LogP contribution in [0.4, 0.5) is 0 Å². The van der Waals surface area contributed by atoms with Gasteiger partial charge in [-0.25, -0.2) is 0 Å². The molecule has 3 rings (SSSR count). The first-order valence-electron chi connectivity index (χ1n) is 9.48. The number of hydrogen-bond acceptors (Lipinski definition) is 3. The van der Waals surface area contributed by atoms with Crippen molar-refractivity contribution in [2.45, 2.75) is 64.7 Å². The number of rotatable bonds is 7. The molecule has 0 aliphatic heterocycles. The third-order valence-electron chi connectivity index (χ3n) is 5.37. The van der Waals surface area contributed by atoms with Crippen LogP contribution >= 0.6 is 0 Å². The first-order chi connectivity index (χ1) is 12.5. The molecule has 1 aromatic carbocycles. The van der Waals surface area contributed by atoms with Gasteiger partial charge in [0.05, 0.1) is 24.4 Å². The zero-order valence-corrected chi connectivity index (χ0v) is 16.0. The van der Waals surface area contributed by atoms with Crippen LogP contribution in [0.3, 0.4) is 0 Å². The van der Waals surface area contributed by atoms with Crippen LogP contribution in [0.1, 0.15) is 48.2 Å². The SMILES string of the molecule is Cc1nn(C)c(C)c1CCC(=O)N[C@@H]1CCC[C@H]1OCc1ccccc1. The van der Waals surface area contributed by atoms with Gasteiger partial charge in [0.25, 0.3) is 0 Å². The van der Waals surface area contributed by atoms with Crippen molar-refractivity contribution < 1.29 is 9.53 Å². The molecule has 1 N–H and O–H groups in total. The van der Waals surface area contributed by atoms with Crippen molar-refractivity contribution in [3.8, 4) is 0 Å². The first-order valence-corrected chi connectivity index (χ1v) is 9.48. The Morgan fingerprint density at radius 2 is 2.04 bits per heavy atom. The number of amides is 1. The Hall–Kier alpha value is -2.14. The minimum absolute atomic E-state index is 0.105. The van der Waals surface area contributed by atoms with Gasteiger partial charge in [0.2, 0.25) is 5.91 Å². The highest BCUT2D eigenvalue weighted by Gasteiger charge is 2.29. The van der Waals surface area contributed by atoms with E-state index in [1.165, 1.54) is 11.1 Å². The standard InChI is InChI=1S/C21H29N3O2/c1-15-18(16(2)24(3)23-15)12-13-21(25)22-19-10-7-11-20(19)26-14-17-8-5-4-6-9-17/h4-6,8-9,19-20H,7,10-14H2,1-3H3,(H,22,25)/t19-,20-/m1/s1. The summed E-state index contributed by atoms with van der Waals surface area (Å²) in [5.74, 6) is 0.105. The fraction of sp³-hybridized carbons (Fsp3) is 0.524. The van der Waals surface area contributed by atoms with E-state index in [1.54, 1.807) is 0 Å². The molecule has 1 heterocycles. The van der Waals surface area contributed by atoms with E-state index in [2.05, 4.69) is 29.5 Å². The average molecular weight is 355 g/mol. The molecule has 140 valence electrons. The highest BCUT2D eigenvalue weighted by Crippen LogP contribution is 2.23. The maximum absolute atomic E-state index is 12.4. The second-order valence-electron chi connectivity index (χ2n) is 7.21. The predicted octanol–water partition coefficient (Wildman–Crippen LogP) is 3.22. The largest absolute Gasteiger partial charge is 0.371 e. The Bertz CT molecular complexity index is 739. The molecular weight excluding hydrogens is 326 g/mol. The number of nitrogens with zero attached hydrogens (tertiary/aromatic N) is 2. The van der Waals surface area contributed by atoms with Gasteiger partial charge in [-0.1, -0.05) is 30.3 Å². The summed E-state index contributed by atoms with van der Waals surface area (Å²) < 4.78 is 7.96. The molecule has 2 atom stereocenters. The molecular formula is C21H29N3O2. The monoisotopic (exact) mass is 355 g/mol. The van der Waals surface area contributed by atoms with Crippen molar-refractivity contribution in [2.75, 3.05) is 0 Å². The Balaban J connectivity index is 1.48. The molecule has 2 aromatic rings. The fourth-order valence-corrected chi connectivity index (χ4v) is 3.76. The summed E-state index contributed by atoms with van der Waals surface area (Å²) in [4.78, 5) is 12.4. The lowest BCUT2D eigenvalue weighted by molar-refractivity contribution is -0.122. The van der Waals surface area contributed by atoms with Gasteiger partial charge in [-0.2, -0.15) is 5.10 Å². The number of carbonyl (C=O) groups is 1. The van der Waals surface area contributed by atoms with E-state index in [4.69, 9.17) is 4.74 Å². The minimum Gasteiger partial charge on any atom is -0.371 e. The summed E-state index contributed by atoms with van der Waals surface area (Å²) in [6.45, 7) is 4.66. The molecule has 0 spiro atoms. The van der Waals surface area contributed by atoms with Gasteiger partial charge in [-0.3, -0.25) is 9.48 Å². The first kappa shape index (κ1) is 18.6. The van der Waals surface area contributed by atoms with Crippen LogP contribution in [0.2, 0.25) is 0 Å². The molecule has 1 aromatic heterocycles. The average Bonchev–Trinajstić information content (AvgIpc) is 3.16. The summed E-state index contributed by atoms with van der Waals surface area (Å²) in [7, 11) is 1.94. The summed E-state index contributed by atoms with van der Waals surface area (Å²) in [5, 5.41) is 7.61. The third-order valence-corrected chi connectivity index (χ3v) is 5.37. The number of aryl methyl sites for hydroxylation is 2. The molecule has 1 aliphatic carbocycles. The molecule has 5 nitrogen and oxygen atoms in total. The summed E-state index contributed by atoms with van der Waals surface area (Å²) in [6, 6.07) is 10.3. The normalized spacial score (nSPS) is 19.7. The topological polar surface area (TPSA) is 56.2 Å². The summed E-state index contributed by atoms with van der Waals surface area (Å²) in [6.07, 6.45) is 4.45.